The second-order valence-electron chi connectivity index (χ2n) is 5.08. The fourth-order valence-electron chi connectivity index (χ4n) is 1.86. The predicted molar refractivity (Wildman–Crippen MR) is 110 cm³/mol. The Hall–Kier alpha value is -1.72. The van der Waals surface area contributed by atoms with Crippen LogP contribution in [0, 0.1) is 0 Å². The highest BCUT2D eigenvalue weighted by atomic mass is 35.5. The number of carbonyl (C=O) groups excluding carboxylic acids is 2. The van der Waals surface area contributed by atoms with Crippen LogP contribution in [0.2, 0.25) is 20.1 Å². The van der Waals surface area contributed by atoms with Crippen molar-refractivity contribution >= 4 is 63.9 Å². The van der Waals surface area contributed by atoms with Crippen molar-refractivity contribution in [2.45, 2.75) is 6.42 Å². The van der Waals surface area contributed by atoms with Gasteiger partial charge in [-0.05, 0) is 29.8 Å². The number of esters is 2. The molecule has 0 aliphatic heterocycles. The van der Waals surface area contributed by atoms with Gasteiger partial charge in [0.05, 0.1) is 31.2 Å². The zero-order valence-electron chi connectivity index (χ0n) is 14.5. The minimum absolute atomic E-state index is 0.173. The molecular formula is C19H16Cl4O4. The molecule has 0 aromatic heterocycles. The van der Waals surface area contributed by atoms with E-state index in [1.807, 2.05) is 0 Å². The lowest BCUT2D eigenvalue weighted by molar-refractivity contribution is -0.139. The van der Waals surface area contributed by atoms with Crippen LogP contribution in [-0.4, -0.2) is 26.2 Å². The molecule has 0 saturated heterocycles. The molecule has 144 valence electrons. The number of hydrogen-bond donors (Lipinski definition) is 0. The van der Waals surface area contributed by atoms with Crippen LogP contribution in [0.4, 0.5) is 0 Å². The molecule has 0 saturated carbocycles. The molecule has 0 spiro atoms. The van der Waals surface area contributed by atoms with Crippen molar-refractivity contribution in [2.24, 2.45) is 0 Å². The van der Waals surface area contributed by atoms with Gasteiger partial charge in [-0.15, -0.1) is 0 Å². The summed E-state index contributed by atoms with van der Waals surface area (Å²) in [6.45, 7) is 3.58. The quantitative estimate of drug-likeness (QED) is 0.431. The van der Waals surface area contributed by atoms with Crippen molar-refractivity contribution in [2.75, 3.05) is 14.2 Å². The summed E-state index contributed by atoms with van der Waals surface area (Å²) in [6.07, 6.45) is 0.173. The average molecular weight is 450 g/mol. The molecule has 27 heavy (non-hydrogen) atoms. The Kier molecular flexibility index (Phi) is 9.67. The van der Waals surface area contributed by atoms with Crippen LogP contribution >= 0.6 is 46.4 Å². The zero-order valence-corrected chi connectivity index (χ0v) is 17.5. The van der Waals surface area contributed by atoms with E-state index < -0.39 is 5.97 Å². The maximum Gasteiger partial charge on any atom is 0.337 e. The van der Waals surface area contributed by atoms with E-state index in [9.17, 15) is 9.59 Å². The number of benzene rings is 2. The molecule has 2 rings (SSSR count). The largest absolute Gasteiger partial charge is 0.469 e. The first-order valence-corrected chi connectivity index (χ1v) is 8.94. The summed E-state index contributed by atoms with van der Waals surface area (Å²) in [6, 6.07) is 9.81. The molecule has 2 aromatic rings. The molecule has 0 aliphatic rings. The number of rotatable bonds is 4. The Bertz CT molecular complexity index is 850. The molecule has 0 radical (unpaired) electrons. The molecule has 0 aliphatic carbocycles. The van der Waals surface area contributed by atoms with Crippen LogP contribution in [0.3, 0.4) is 0 Å². The molecule has 0 atom stereocenters. The van der Waals surface area contributed by atoms with Gasteiger partial charge in [0.2, 0.25) is 0 Å². The lowest BCUT2D eigenvalue weighted by Gasteiger charge is -2.05. The molecule has 0 unspecified atom stereocenters. The summed E-state index contributed by atoms with van der Waals surface area (Å²) in [4.78, 5) is 22.0. The van der Waals surface area contributed by atoms with E-state index in [0.717, 1.165) is 5.56 Å². The van der Waals surface area contributed by atoms with Gasteiger partial charge in [-0.1, -0.05) is 65.1 Å². The van der Waals surface area contributed by atoms with Crippen molar-refractivity contribution in [1.82, 2.24) is 0 Å². The van der Waals surface area contributed by atoms with Gasteiger partial charge in [-0.3, -0.25) is 4.79 Å². The van der Waals surface area contributed by atoms with Crippen LogP contribution in [0.25, 0.3) is 5.57 Å². The Morgan fingerprint density at radius 1 is 0.889 bits per heavy atom. The molecule has 0 N–H and O–H groups in total. The number of carbonyl (C=O) groups is 2. The number of methoxy groups -OCH3 is 2. The van der Waals surface area contributed by atoms with E-state index in [0.29, 0.717) is 25.7 Å². The average Bonchev–Trinajstić information content (AvgIpc) is 2.63. The van der Waals surface area contributed by atoms with Crippen molar-refractivity contribution in [3.8, 4) is 0 Å². The maximum absolute atomic E-state index is 11.1. The van der Waals surface area contributed by atoms with Crippen molar-refractivity contribution < 1.29 is 19.1 Å². The summed E-state index contributed by atoms with van der Waals surface area (Å²) in [5.41, 5.74) is 1.47. The van der Waals surface area contributed by atoms with Crippen LogP contribution in [0.5, 0.6) is 0 Å². The zero-order chi connectivity index (χ0) is 20.6. The summed E-state index contributed by atoms with van der Waals surface area (Å²) in [5, 5.41) is 1.93. The first kappa shape index (κ1) is 23.3. The smallest absolute Gasteiger partial charge is 0.337 e. The van der Waals surface area contributed by atoms with Crippen molar-refractivity contribution in [3.05, 3.63) is 74.2 Å². The van der Waals surface area contributed by atoms with Gasteiger partial charge >= 0.3 is 11.9 Å². The number of hydrogen-bond acceptors (Lipinski definition) is 4. The van der Waals surface area contributed by atoms with Gasteiger partial charge < -0.3 is 9.47 Å². The lowest BCUT2D eigenvalue weighted by atomic mass is 10.1. The van der Waals surface area contributed by atoms with Crippen molar-refractivity contribution in [3.63, 3.8) is 0 Å². The minimum atomic E-state index is -0.505. The van der Waals surface area contributed by atoms with Gasteiger partial charge in [-0.2, -0.15) is 0 Å². The second-order valence-corrected chi connectivity index (χ2v) is 6.77. The fraction of sp³-hybridized carbons (Fsp3) is 0.158. The lowest BCUT2D eigenvalue weighted by Crippen LogP contribution is -2.04. The highest BCUT2D eigenvalue weighted by molar-refractivity contribution is 6.37. The fourth-order valence-corrected chi connectivity index (χ4v) is 2.86. The van der Waals surface area contributed by atoms with E-state index in [1.54, 1.807) is 36.4 Å². The van der Waals surface area contributed by atoms with Crippen molar-refractivity contribution in [1.29, 1.82) is 0 Å². The minimum Gasteiger partial charge on any atom is -0.469 e. The van der Waals surface area contributed by atoms with Crippen LogP contribution < -0.4 is 0 Å². The Labute approximate surface area is 177 Å². The van der Waals surface area contributed by atoms with Gasteiger partial charge in [0, 0.05) is 20.6 Å². The third-order valence-electron chi connectivity index (χ3n) is 3.27. The topological polar surface area (TPSA) is 52.6 Å². The molecule has 0 fully saturated rings. The predicted octanol–water partition coefficient (Wildman–Crippen LogP) is 5.89. The molecule has 0 heterocycles. The molecule has 2 aromatic carbocycles. The van der Waals surface area contributed by atoms with E-state index >= 15 is 0 Å². The Morgan fingerprint density at radius 2 is 1.44 bits per heavy atom. The van der Waals surface area contributed by atoms with Gasteiger partial charge in [-0.25, -0.2) is 4.79 Å². The van der Waals surface area contributed by atoms with Crippen LogP contribution in [0.15, 0.2) is 43.0 Å². The summed E-state index contributed by atoms with van der Waals surface area (Å²) in [5.74, 6) is -0.821. The highest BCUT2D eigenvalue weighted by Crippen LogP contribution is 2.26. The monoisotopic (exact) mass is 448 g/mol. The first-order chi connectivity index (χ1) is 12.7. The van der Waals surface area contributed by atoms with Gasteiger partial charge in [0.1, 0.15) is 0 Å². The molecular weight excluding hydrogens is 434 g/mol. The van der Waals surface area contributed by atoms with Gasteiger partial charge in [0.15, 0.2) is 0 Å². The summed E-state index contributed by atoms with van der Waals surface area (Å²) in [7, 11) is 2.63. The Morgan fingerprint density at radius 3 is 1.93 bits per heavy atom. The summed E-state index contributed by atoms with van der Waals surface area (Å²) >= 11 is 23.1. The normalized spacial score (nSPS) is 9.70. The first-order valence-electron chi connectivity index (χ1n) is 7.43. The van der Waals surface area contributed by atoms with E-state index in [4.69, 9.17) is 46.4 Å². The number of ether oxygens (including phenoxy) is 2. The van der Waals surface area contributed by atoms with Crippen LogP contribution in [0.1, 0.15) is 11.1 Å². The highest BCUT2D eigenvalue weighted by Gasteiger charge is 2.12. The van der Waals surface area contributed by atoms with E-state index in [-0.39, 0.29) is 18.0 Å². The molecule has 4 nitrogen and oxygen atoms in total. The van der Waals surface area contributed by atoms with E-state index in [2.05, 4.69) is 16.1 Å². The molecule has 0 amide bonds. The van der Waals surface area contributed by atoms with Crippen LogP contribution in [-0.2, 0) is 25.5 Å². The third-order valence-corrected chi connectivity index (χ3v) is 4.40. The standard InChI is InChI=1S/C10H8Cl2O2.C9H8Cl2O2/c1-6(10(13)14-2)8-4-3-7(11)5-9(8)12;1-13-9(12)4-6-2-3-7(10)5-8(6)11/h3-5H,1H2,2H3;2-3,5H,4H2,1H3. The molecule has 0 bridgehead atoms. The second kappa shape index (κ2) is 11.2. The SMILES string of the molecule is C=C(C(=O)OC)c1ccc(Cl)cc1Cl.COC(=O)Cc1ccc(Cl)cc1Cl. The number of halogens is 4. The Balaban J connectivity index is 0.000000271. The summed E-state index contributed by atoms with van der Waals surface area (Å²) < 4.78 is 9.03. The van der Waals surface area contributed by atoms with E-state index in [1.165, 1.54) is 14.2 Å². The maximum atomic E-state index is 11.1. The molecule has 8 heteroatoms. The third kappa shape index (κ3) is 7.43. The van der Waals surface area contributed by atoms with Gasteiger partial charge in [0.25, 0.3) is 0 Å².